The van der Waals surface area contributed by atoms with Gasteiger partial charge in [-0.05, 0) is 68.1 Å². The number of hydrogen-bond acceptors (Lipinski definition) is 5. The highest BCUT2D eigenvalue weighted by molar-refractivity contribution is 5.94. The molecule has 2 heterocycles. The number of aryl methyl sites for hydroxylation is 1. The summed E-state index contributed by atoms with van der Waals surface area (Å²) in [6.07, 6.45) is 7.71. The number of carboxylic acid groups (broad SMARTS) is 1. The number of aromatic nitrogens is 1. The number of furan rings is 1. The highest BCUT2D eigenvalue weighted by Gasteiger charge is 2.28. The third kappa shape index (κ3) is 5.84. The van der Waals surface area contributed by atoms with Crippen LogP contribution in [0.3, 0.4) is 0 Å². The van der Waals surface area contributed by atoms with Crippen LogP contribution in [0.5, 0.6) is 0 Å². The number of carbonyl (C=O) groups excluding carboxylic acids is 1. The third-order valence-corrected chi connectivity index (χ3v) is 6.42. The molecule has 2 aromatic heterocycles. The van der Waals surface area contributed by atoms with Gasteiger partial charge in [-0.1, -0.05) is 25.3 Å². The predicted molar refractivity (Wildman–Crippen MR) is 131 cm³/mol. The standard InChI is InChI=1S/C27H31N3O4/c1-18-22(17-24(34-18)23-9-5-6-15-28-23)26(19-7-3-2-4-8-19)30-21-12-10-20(11-13-21)27(33)29-16-14-25(31)32/h5-6,9-13,15,17,19,26,30H,2-4,7-8,14,16H2,1H3,(H,29,33)(H,31,32). The van der Waals surface area contributed by atoms with Crippen LogP contribution in [0, 0.1) is 12.8 Å². The summed E-state index contributed by atoms with van der Waals surface area (Å²) in [5, 5.41) is 15.1. The fourth-order valence-corrected chi connectivity index (χ4v) is 4.64. The van der Waals surface area contributed by atoms with E-state index in [2.05, 4.69) is 21.7 Å². The molecule has 34 heavy (non-hydrogen) atoms. The van der Waals surface area contributed by atoms with E-state index in [1.807, 2.05) is 37.3 Å². The number of carboxylic acids is 1. The molecular weight excluding hydrogens is 430 g/mol. The molecule has 0 aliphatic heterocycles. The Morgan fingerprint density at radius 1 is 1.12 bits per heavy atom. The van der Waals surface area contributed by atoms with E-state index in [-0.39, 0.29) is 24.9 Å². The molecule has 1 amide bonds. The van der Waals surface area contributed by atoms with Crippen LogP contribution in [0.4, 0.5) is 5.69 Å². The molecule has 7 heteroatoms. The van der Waals surface area contributed by atoms with Crippen LogP contribution >= 0.6 is 0 Å². The number of rotatable bonds is 9. The van der Waals surface area contributed by atoms with Gasteiger partial charge in [0.25, 0.3) is 5.91 Å². The maximum atomic E-state index is 12.3. The minimum Gasteiger partial charge on any atom is -0.481 e. The Kier molecular flexibility index (Phi) is 7.62. The molecule has 1 fully saturated rings. The Labute approximate surface area is 199 Å². The van der Waals surface area contributed by atoms with Gasteiger partial charge in [-0.3, -0.25) is 14.6 Å². The number of benzene rings is 1. The minimum absolute atomic E-state index is 0.0942. The van der Waals surface area contributed by atoms with Gasteiger partial charge in [-0.15, -0.1) is 0 Å². The van der Waals surface area contributed by atoms with Gasteiger partial charge in [0.15, 0.2) is 5.76 Å². The molecule has 3 aromatic rings. The topological polar surface area (TPSA) is 104 Å². The van der Waals surface area contributed by atoms with Crippen molar-refractivity contribution in [2.75, 3.05) is 11.9 Å². The van der Waals surface area contributed by atoms with E-state index in [1.165, 1.54) is 19.3 Å². The largest absolute Gasteiger partial charge is 0.481 e. The van der Waals surface area contributed by atoms with Crippen LogP contribution in [-0.4, -0.2) is 28.5 Å². The second kappa shape index (κ2) is 11.0. The summed E-state index contributed by atoms with van der Waals surface area (Å²) in [4.78, 5) is 27.3. The monoisotopic (exact) mass is 461 g/mol. The molecule has 0 radical (unpaired) electrons. The number of carbonyl (C=O) groups is 2. The van der Waals surface area contributed by atoms with Crippen molar-refractivity contribution in [3.63, 3.8) is 0 Å². The zero-order chi connectivity index (χ0) is 23.9. The van der Waals surface area contributed by atoms with Crippen molar-refractivity contribution in [3.05, 3.63) is 71.6 Å². The van der Waals surface area contributed by atoms with Crippen LogP contribution in [-0.2, 0) is 4.79 Å². The van der Waals surface area contributed by atoms with E-state index < -0.39 is 5.97 Å². The molecule has 1 atom stereocenters. The van der Waals surface area contributed by atoms with E-state index in [9.17, 15) is 9.59 Å². The molecule has 1 unspecified atom stereocenters. The first kappa shape index (κ1) is 23.5. The second-order valence-electron chi connectivity index (χ2n) is 8.83. The Morgan fingerprint density at radius 3 is 2.56 bits per heavy atom. The summed E-state index contributed by atoms with van der Waals surface area (Å²) < 4.78 is 6.12. The van der Waals surface area contributed by atoms with Crippen molar-refractivity contribution >= 4 is 17.6 Å². The van der Waals surface area contributed by atoms with Gasteiger partial charge in [0.2, 0.25) is 0 Å². The lowest BCUT2D eigenvalue weighted by Gasteiger charge is -2.31. The molecule has 7 nitrogen and oxygen atoms in total. The summed E-state index contributed by atoms with van der Waals surface area (Å²) in [7, 11) is 0. The smallest absolute Gasteiger partial charge is 0.305 e. The molecule has 4 rings (SSSR count). The normalized spacial score (nSPS) is 15.0. The molecule has 3 N–H and O–H groups in total. The number of hydrogen-bond donors (Lipinski definition) is 3. The highest BCUT2D eigenvalue weighted by atomic mass is 16.4. The van der Waals surface area contributed by atoms with Gasteiger partial charge < -0.3 is 20.2 Å². The van der Waals surface area contributed by atoms with Crippen LogP contribution in [0.15, 0.2) is 59.1 Å². The van der Waals surface area contributed by atoms with E-state index in [0.29, 0.717) is 11.5 Å². The Bertz CT molecular complexity index is 1100. The summed E-state index contributed by atoms with van der Waals surface area (Å²) in [6.45, 7) is 2.11. The molecule has 1 aliphatic rings. The first-order valence-corrected chi connectivity index (χ1v) is 11.9. The molecule has 1 aliphatic carbocycles. The Balaban J connectivity index is 1.53. The molecular formula is C27H31N3O4. The summed E-state index contributed by atoms with van der Waals surface area (Å²) in [5.74, 6) is 0.930. The average Bonchev–Trinajstić information content (AvgIpc) is 3.25. The van der Waals surface area contributed by atoms with E-state index in [1.54, 1.807) is 18.3 Å². The van der Waals surface area contributed by atoms with Crippen molar-refractivity contribution in [3.8, 4) is 11.5 Å². The summed E-state index contributed by atoms with van der Waals surface area (Å²) >= 11 is 0. The predicted octanol–water partition coefficient (Wildman–Crippen LogP) is 5.59. The van der Waals surface area contributed by atoms with E-state index in [4.69, 9.17) is 9.52 Å². The van der Waals surface area contributed by atoms with Crippen LogP contribution in [0.1, 0.15) is 66.2 Å². The van der Waals surface area contributed by atoms with Gasteiger partial charge in [-0.25, -0.2) is 0 Å². The second-order valence-corrected chi connectivity index (χ2v) is 8.83. The molecule has 178 valence electrons. The van der Waals surface area contributed by atoms with E-state index >= 15 is 0 Å². The van der Waals surface area contributed by atoms with Gasteiger partial charge in [0.05, 0.1) is 12.5 Å². The van der Waals surface area contributed by atoms with Gasteiger partial charge >= 0.3 is 5.97 Å². The lowest BCUT2D eigenvalue weighted by atomic mass is 9.81. The van der Waals surface area contributed by atoms with Crippen molar-refractivity contribution in [1.82, 2.24) is 10.3 Å². The number of nitrogens with zero attached hydrogens (tertiary/aromatic N) is 1. The van der Waals surface area contributed by atoms with E-state index in [0.717, 1.165) is 41.3 Å². The molecule has 1 aromatic carbocycles. The first-order valence-electron chi connectivity index (χ1n) is 11.9. The van der Waals surface area contributed by atoms with Crippen molar-refractivity contribution < 1.29 is 19.1 Å². The summed E-state index contributed by atoms with van der Waals surface area (Å²) in [6, 6.07) is 15.3. The molecule has 1 saturated carbocycles. The van der Waals surface area contributed by atoms with Crippen LogP contribution in [0.25, 0.3) is 11.5 Å². The minimum atomic E-state index is -0.936. The van der Waals surface area contributed by atoms with Crippen molar-refractivity contribution in [2.45, 2.75) is 51.5 Å². The first-order chi connectivity index (χ1) is 16.5. The summed E-state index contributed by atoms with van der Waals surface area (Å²) in [5.41, 5.74) is 3.39. The number of pyridine rings is 1. The maximum Gasteiger partial charge on any atom is 0.305 e. The Hall–Kier alpha value is -3.61. The quantitative estimate of drug-likeness (QED) is 0.384. The number of amides is 1. The SMILES string of the molecule is Cc1oc(-c2ccccn2)cc1C(Nc1ccc(C(=O)NCCC(=O)O)cc1)C1CCCCC1. The van der Waals surface area contributed by atoms with Gasteiger partial charge in [0.1, 0.15) is 11.5 Å². The van der Waals surface area contributed by atoms with Crippen LogP contribution < -0.4 is 10.6 Å². The average molecular weight is 462 g/mol. The third-order valence-electron chi connectivity index (χ3n) is 6.42. The fraction of sp³-hybridized carbons (Fsp3) is 0.370. The van der Waals surface area contributed by atoms with Crippen molar-refractivity contribution in [1.29, 1.82) is 0 Å². The molecule has 0 bridgehead atoms. The number of anilines is 1. The lowest BCUT2D eigenvalue weighted by molar-refractivity contribution is -0.136. The zero-order valence-electron chi connectivity index (χ0n) is 19.4. The molecule has 0 spiro atoms. The number of nitrogens with one attached hydrogen (secondary N) is 2. The highest BCUT2D eigenvalue weighted by Crippen LogP contribution is 2.40. The zero-order valence-corrected chi connectivity index (χ0v) is 19.4. The van der Waals surface area contributed by atoms with Gasteiger partial charge in [0, 0.05) is 29.6 Å². The fourth-order valence-electron chi connectivity index (χ4n) is 4.64. The lowest BCUT2D eigenvalue weighted by Crippen LogP contribution is -2.26. The molecule has 0 saturated heterocycles. The maximum absolute atomic E-state index is 12.3. The van der Waals surface area contributed by atoms with Crippen LogP contribution in [0.2, 0.25) is 0 Å². The van der Waals surface area contributed by atoms with Crippen molar-refractivity contribution in [2.24, 2.45) is 5.92 Å². The number of aliphatic carboxylic acids is 1. The Morgan fingerprint density at radius 2 is 1.88 bits per heavy atom. The van der Waals surface area contributed by atoms with Gasteiger partial charge in [-0.2, -0.15) is 0 Å².